The molecule has 32 heavy (non-hydrogen) atoms. The molecule has 1 aliphatic heterocycles. The lowest BCUT2D eigenvalue weighted by Gasteiger charge is -2.19. The third-order valence-electron chi connectivity index (χ3n) is 5.24. The second-order valence-electron chi connectivity index (χ2n) is 7.71. The molecular formula is C21H20Cl2F3N5O. The first-order valence-corrected chi connectivity index (χ1v) is 10.6. The number of pyridine rings is 1. The van der Waals surface area contributed by atoms with E-state index in [1.54, 1.807) is 36.3 Å². The highest BCUT2D eigenvalue weighted by Crippen LogP contribution is 2.37. The number of nitrogen functional groups attached to an aromatic ring is 1. The number of alkyl halides is 2. The molecule has 0 unspecified atom stereocenters. The van der Waals surface area contributed by atoms with Crippen molar-refractivity contribution >= 4 is 29.0 Å². The van der Waals surface area contributed by atoms with Gasteiger partial charge in [-0.15, -0.1) is 0 Å². The van der Waals surface area contributed by atoms with E-state index in [0.29, 0.717) is 23.2 Å². The molecule has 0 bridgehead atoms. The largest absolute Gasteiger partial charge is 0.482 e. The first-order valence-electron chi connectivity index (χ1n) is 9.82. The Morgan fingerprint density at radius 1 is 1.31 bits per heavy atom. The van der Waals surface area contributed by atoms with E-state index in [4.69, 9.17) is 33.7 Å². The van der Waals surface area contributed by atoms with Gasteiger partial charge in [0.25, 0.3) is 5.92 Å². The predicted molar refractivity (Wildman–Crippen MR) is 117 cm³/mol. The van der Waals surface area contributed by atoms with E-state index < -0.39 is 17.8 Å². The van der Waals surface area contributed by atoms with Gasteiger partial charge in [-0.3, -0.25) is 4.68 Å². The van der Waals surface area contributed by atoms with Crippen molar-refractivity contribution in [2.45, 2.75) is 38.0 Å². The molecule has 2 aromatic heterocycles. The summed E-state index contributed by atoms with van der Waals surface area (Å²) in [5, 5.41) is 7.19. The van der Waals surface area contributed by atoms with Crippen molar-refractivity contribution in [3.8, 4) is 16.9 Å². The van der Waals surface area contributed by atoms with Gasteiger partial charge in [-0.25, -0.2) is 18.2 Å². The lowest BCUT2D eigenvalue weighted by Crippen LogP contribution is -2.27. The molecule has 0 spiro atoms. The fourth-order valence-corrected chi connectivity index (χ4v) is 4.32. The van der Waals surface area contributed by atoms with Gasteiger partial charge in [-0.1, -0.05) is 23.2 Å². The molecule has 2 atom stereocenters. The number of hydrogen-bond acceptors (Lipinski definition) is 5. The van der Waals surface area contributed by atoms with Crippen molar-refractivity contribution in [2.75, 3.05) is 12.3 Å². The van der Waals surface area contributed by atoms with Crippen LogP contribution in [-0.2, 0) is 6.54 Å². The monoisotopic (exact) mass is 485 g/mol. The number of ether oxygens (including phenoxy) is 1. The highest BCUT2D eigenvalue weighted by Gasteiger charge is 2.39. The Bertz CT molecular complexity index is 1140. The van der Waals surface area contributed by atoms with Crippen molar-refractivity contribution in [3.63, 3.8) is 0 Å². The topological polar surface area (TPSA) is 78.0 Å². The molecule has 3 heterocycles. The van der Waals surface area contributed by atoms with E-state index >= 15 is 0 Å². The molecule has 0 saturated carbocycles. The quantitative estimate of drug-likeness (QED) is 0.474. The van der Waals surface area contributed by atoms with Crippen LogP contribution in [0.4, 0.5) is 19.0 Å². The lowest BCUT2D eigenvalue weighted by molar-refractivity contribution is 0.0205. The fourth-order valence-electron chi connectivity index (χ4n) is 3.64. The molecule has 1 aliphatic rings. The van der Waals surface area contributed by atoms with Crippen LogP contribution in [0.1, 0.15) is 25.0 Å². The first-order chi connectivity index (χ1) is 15.1. The van der Waals surface area contributed by atoms with E-state index in [1.807, 2.05) is 0 Å². The Morgan fingerprint density at radius 3 is 2.81 bits per heavy atom. The number of nitrogens with zero attached hydrogens (tertiary/aromatic N) is 3. The molecule has 3 aromatic rings. The van der Waals surface area contributed by atoms with E-state index in [0.717, 1.165) is 0 Å². The lowest BCUT2D eigenvalue weighted by atomic mass is 10.1. The van der Waals surface area contributed by atoms with Gasteiger partial charge in [0.1, 0.15) is 11.9 Å². The summed E-state index contributed by atoms with van der Waals surface area (Å²) in [5.41, 5.74) is 7.63. The minimum Gasteiger partial charge on any atom is -0.482 e. The minimum atomic E-state index is -2.70. The third kappa shape index (κ3) is 4.79. The van der Waals surface area contributed by atoms with Crippen molar-refractivity contribution in [1.29, 1.82) is 0 Å². The standard InChI is InChI=1S/C21H20Cl2F3N5O/c1-11(18-15(22)2-3-16(24)19(18)23)32-17-4-12(6-28-20(17)27)13-7-30-31(8-13)9-14-5-21(25,26)10-29-14/h2-4,6-8,11,14,29H,5,9-10H2,1H3,(H2,27,28)/t11-,14-/m1/s1. The number of halogens is 5. The SMILES string of the molecule is C[C@@H](Oc1cc(-c2cnn(C[C@H]3CC(F)(F)CN3)c2)cnc1N)c1c(Cl)ccc(F)c1Cl. The van der Waals surface area contributed by atoms with Crippen molar-refractivity contribution in [2.24, 2.45) is 0 Å². The zero-order valence-corrected chi connectivity index (χ0v) is 18.5. The van der Waals surface area contributed by atoms with Crippen LogP contribution in [0.25, 0.3) is 11.1 Å². The second-order valence-corrected chi connectivity index (χ2v) is 8.50. The van der Waals surface area contributed by atoms with E-state index in [9.17, 15) is 13.2 Å². The molecule has 0 radical (unpaired) electrons. The number of rotatable bonds is 6. The third-order valence-corrected chi connectivity index (χ3v) is 5.95. The van der Waals surface area contributed by atoms with Gasteiger partial charge in [0.15, 0.2) is 11.6 Å². The Kier molecular flexibility index (Phi) is 6.24. The van der Waals surface area contributed by atoms with Gasteiger partial charge in [0.2, 0.25) is 0 Å². The Morgan fingerprint density at radius 2 is 2.09 bits per heavy atom. The molecule has 3 N–H and O–H groups in total. The molecule has 6 nitrogen and oxygen atoms in total. The smallest absolute Gasteiger partial charge is 0.261 e. The zero-order valence-electron chi connectivity index (χ0n) is 17.0. The molecule has 4 rings (SSSR count). The van der Waals surface area contributed by atoms with Gasteiger partial charge in [0.05, 0.1) is 24.3 Å². The highest BCUT2D eigenvalue weighted by atomic mass is 35.5. The number of aromatic nitrogens is 3. The number of anilines is 1. The normalized spacial score (nSPS) is 18.6. The van der Waals surface area contributed by atoms with Gasteiger partial charge >= 0.3 is 0 Å². The van der Waals surface area contributed by atoms with Gasteiger partial charge in [-0.05, 0) is 25.1 Å². The van der Waals surface area contributed by atoms with Crippen molar-refractivity contribution in [3.05, 3.63) is 58.2 Å². The van der Waals surface area contributed by atoms with Crippen LogP contribution in [0.15, 0.2) is 36.8 Å². The maximum atomic E-state index is 13.9. The summed E-state index contributed by atoms with van der Waals surface area (Å²) in [7, 11) is 0. The van der Waals surface area contributed by atoms with Gasteiger partial charge < -0.3 is 15.8 Å². The van der Waals surface area contributed by atoms with Crippen LogP contribution < -0.4 is 15.8 Å². The fraction of sp³-hybridized carbons (Fsp3) is 0.333. The number of nitrogens with one attached hydrogen (secondary N) is 1. The van der Waals surface area contributed by atoms with E-state index in [-0.39, 0.29) is 40.6 Å². The van der Waals surface area contributed by atoms with Crippen molar-refractivity contribution < 1.29 is 17.9 Å². The Labute approximate surface area is 192 Å². The average Bonchev–Trinajstić information content (AvgIpc) is 3.33. The summed E-state index contributed by atoms with van der Waals surface area (Å²) in [6, 6.07) is 3.89. The molecule has 1 fully saturated rings. The Balaban J connectivity index is 1.52. The summed E-state index contributed by atoms with van der Waals surface area (Å²) in [6.07, 6.45) is 3.96. The van der Waals surface area contributed by atoms with Crippen LogP contribution in [0.3, 0.4) is 0 Å². The maximum Gasteiger partial charge on any atom is 0.261 e. The highest BCUT2D eigenvalue weighted by molar-refractivity contribution is 6.36. The number of hydrogen-bond donors (Lipinski definition) is 2. The molecular weight excluding hydrogens is 466 g/mol. The average molecular weight is 486 g/mol. The van der Waals surface area contributed by atoms with Crippen molar-refractivity contribution in [1.82, 2.24) is 20.1 Å². The Hall–Kier alpha value is -2.49. The summed E-state index contributed by atoms with van der Waals surface area (Å²) < 4.78 is 48.1. The minimum absolute atomic E-state index is 0.125. The summed E-state index contributed by atoms with van der Waals surface area (Å²) in [4.78, 5) is 4.16. The molecule has 0 amide bonds. The first kappa shape index (κ1) is 22.7. The van der Waals surface area contributed by atoms with Gasteiger partial charge in [0, 0.05) is 46.6 Å². The van der Waals surface area contributed by atoms with E-state index in [1.165, 1.54) is 12.1 Å². The summed E-state index contributed by atoms with van der Waals surface area (Å²) in [6.45, 7) is 1.65. The second kappa shape index (κ2) is 8.80. The van der Waals surface area contributed by atoms with Crippen LogP contribution in [0, 0.1) is 5.82 Å². The predicted octanol–water partition coefficient (Wildman–Crippen LogP) is 5.11. The number of benzene rings is 1. The van der Waals surface area contributed by atoms with Crippen LogP contribution in [-0.4, -0.2) is 33.3 Å². The molecule has 1 aromatic carbocycles. The van der Waals surface area contributed by atoms with Gasteiger partial charge in [-0.2, -0.15) is 5.10 Å². The summed E-state index contributed by atoms with van der Waals surface area (Å²) in [5.74, 6) is -2.91. The molecule has 1 saturated heterocycles. The molecule has 0 aliphatic carbocycles. The maximum absolute atomic E-state index is 13.9. The number of nitrogens with two attached hydrogens (primary N) is 1. The molecule has 11 heteroatoms. The van der Waals surface area contributed by atoms with Crippen LogP contribution in [0.2, 0.25) is 10.0 Å². The van der Waals surface area contributed by atoms with Crippen LogP contribution in [0.5, 0.6) is 5.75 Å². The van der Waals surface area contributed by atoms with E-state index in [2.05, 4.69) is 15.4 Å². The summed E-state index contributed by atoms with van der Waals surface area (Å²) >= 11 is 12.2. The zero-order chi connectivity index (χ0) is 23.0. The molecule has 170 valence electrons. The van der Waals surface area contributed by atoms with Crippen LogP contribution >= 0.6 is 23.2 Å².